The van der Waals surface area contributed by atoms with Crippen molar-refractivity contribution in [1.82, 2.24) is 0 Å². The highest BCUT2D eigenvalue weighted by Gasteiger charge is 2.76. The largest absolute Gasteiger partial charge is 0.507 e. The highest BCUT2D eigenvalue weighted by molar-refractivity contribution is 6.32. The van der Waals surface area contributed by atoms with Crippen LogP contribution in [-0.4, -0.2) is 57.1 Å². The Hall–Kier alpha value is -3.98. The minimum absolute atomic E-state index is 0.0252. The van der Waals surface area contributed by atoms with Gasteiger partial charge in [-0.25, -0.2) is 0 Å². The average Bonchev–Trinajstić information content (AvgIpc) is 2.97. The third-order valence-corrected chi connectivity index (χ3v) is 11.3. The number of Topliss-reactive ketones (excluding diaryl/α,β-unsaturated/α-hetero) is 6. The number of carbonyl (C=O) groups excluding carboxylic acids is 6. The van der Waals surface area contributed by atoms with Gasteiger partial charge in [0.2, 0.25) is 0 Å². The van der Waals surface area contributed by atoms with Crippen LogP contribution in [0.3, 0.4) is 0 Å². The molecule has 0 heterocycles. The fourth-order valence-electron chi connectivity index (χ4n) is 9.60. The molecule has 0 radical (unpaired) electrons. The number of hydrogen-bond acceptors (Lipinski definition) is 9. The number of ketones is 6. The Morgan fingerprint density at radius 2 is 1.68 bits per heavy atom. The Balaban J connectivity index is 1.63. The summed E-state index contributed by atoms with van der Waals surface area (Å²) < 4.78 is 5.91. The van der Waals surface area contributed by atoms with E-state index in [1.54, 1.807) is 33.8 Å². The Labute approximate surface area is 294 Å². The van der Waals surface area contributed by atoms with Gasteiger partial charge in [-0.05, 0) is 90.3 Å². The van der Waals surface area contributed by atoms with Crippen molar-refractivity contribution < 1.29 is 43.7 Å². The van der Waals surface area contributed by atoms with Crippen LogP contribution in [0.25, 0.3) is 11.1 Å². The van der Waals surface area contributed by atoms with E-state index in [-0.39, 0.29) is 35.4 Å². The van der Waals surface area contributed by atoms with Crippen molar-refractivity contribution in [1.29, 1.82) is 0 Å². The maximum Gasteiger partial charge on any atom is 0.190 e. The number of benzene rings is 2. The van der Waals surface area contributed by atoms with E-state index >= 15 is 0 Å². The topological polar surface area (TPSA) is 152 Å². The number of aliphatic hydroxyl groups is 1. The first-order valence-corrected chi connectivity index (χ1v) is 17.6. The molecule has 2 aromatic rings. The SMILES string of the molecule is CCOc1ccc(-c2ccc(O)c3c2C[C@]2(C)C[C@]4(C)C(C(C)C)C(=O)C(C(C)=O)C(=O)[C@]4(O)C(=O)C2C3=O)cc1CCC(=O)CC(C)(C)C. The second-order valence-corrected chi connectivity index (χ2v) is 16.8. The number of ether oxygens (including phenoxy) is 1. The fourth-order valence-corrected chi connectivity index (χ4v) is 9.60. The van der Waals surface area contributed by atoms with Crippen LogP contribution in [0, 0.1) is 39.9 Å². The second-order valence-electron chi connectivity index (χ2n) is 16.8. The molecule has 2 N–H and O–H groups in total. The van der Waals surface area contributed by atoms with Gasteiger partial charge in [0.15, 0.2) is 28.7 Å². The highest BCUT2D eigenvalue weighted by atomic mass is 16.5. The van der Waals surface area contributed by atoms with E-state index in [1.807, 2.05) is 45.9 Å². The van der Waals surface area contributed by atoms with Gasteiger partial charge in [0.05, 0.1) is 18.1 Å². The summed E-state index contributed by atoms with van der Waals surface area (Å²) in [6, 6.07) is 8.75. The van der Waals surface area contributed by atoms with Gasteiger partial charge in [-0.15, -0.1) is 0 Å². The van der Waals surface area contributed by atoms with Gasteiger partial charge in [0.1, 0.15) is 29.0 Å². The summed E-state index contributed by atoms with van der Waals surface area (Å²) in [7, 11) is 0. The van der Waals surface area contributed by atoms with Gasteiger partial charge < -0.3 is 14.9 Å². The monoisotopic (exact) mass is 686 g/mol. The molecule has 6 atom stereocenters. The van der Waals surface area contributed by atoms with Crippen molar-refractivity contribution in [2.75, 3.05) is 6.61 Å². The summed E-state index contributed by atoms with van der Waals surface area (Å²) in [6.07, 6.45) is 1.33. The van der Waals surface area contributed by atoms with Gasteiger partial charge in [-0.2, -0.15) is 0 Å². The molecule has 2 fully saturated rings. The van der Waals surface area contributed by atoms with Crippen LogP contribution < -0.4 is 4.74 Å². The molecule has 3 unspecified atom stereocenters. The first-order chi connectivity index (χ1) is 23.1. The van der Waals surface area contributed by atoms with Gasteiger partial charge in [0.25, 0.3) is 0 Å². The normalized spacial score (nSPS) is 29.4. The molecule has 0 saturated heterocycles. The summed E-state index contributed by atoms with van der Waals surface area (Å²) in [5.74, 6) is -8.51. The van der Waals surface area contributed by atoms with E-state index in [1.165, 1.54) is 6.07 Å². The third kappa shape index (κ3) is 5.75. The second kappa shape index (κ2) is 12.7. The van der Waals surface area contributed by atoms with Gasteiger partial charge in [0, 0.05) is 24.2 Å². The first-order valence-electron chi connectivity index (χ1n) is 17.6. The smallest absolute Gasteiger partial charge is 0.190 e. The molecule has 9 heteroatoms. The lowest BCUT2D eigenvalue weighted by atomic mass is 9.40. The van der Waals surface area contributed by atoms with Crippen molar-refractivity contribution in [2.45, 2.75) is 100 Å². The van der Waals surface area contributed by atoms with Crippen LogP contribution in [0.1, 0.15) is 103 Å². The Bertz CT molecular complexity index is 1810. The van der Waals surface area contributed by atoms with E-state index in [2.05, 4.69) is 0 Å². The first kappa shape index (κ1) is 37.3. The highest BCUT2D eigenvalue weighted by Crippen LogP contribution is 2.64. The number of aryl methyl sites for hydroxylation is 1. The van der Waals surface area contributed by atoms with Crippen molar-refractivity contribution in [3.8, 4) is 22.6 Å². The molecule has 0 amide bonds. The van der Waals surface area contributed by atoms with E-state index in [0.717, 1.165) is 18.1 Å². The zero-order valence-corrected chi connectivity index (χ0v) is 30.7. The summed E-state index contributed by atoms with van der Waals surface area (Å²) >= 11 is 0. The number of carbonyl (C=O) groups is 6. The van der Waals surface area contributed by atoms with Gasteiger partial charge in [-0.3, -0.25) is 28.8 Å². The molecule has 9 nitrogen and oxygen atoms in total. The number of hydrogen-bond donors (Lipinski definition) is 2. The van der Waals surface area contributed by atoms with E-state index in [9.17, 15) is 39.0 Å². The number of phenolic OH excluding ortho intramolecular Hbond substituents is 1. The Morgan fingerprint density at radius 3 is 2.26 bits per heavy atom. The van der Waals surface area contributed by atoms with Crippen molar-refractivity contribution in [2.24, 2.45) is 39.9 Å². The Kier molecular flexibility index (Phi) is 9.44. The molecular weight excluding hydrogens is 636 g/mol. The van der Waals surface area contributed by atoms with Crippen LogP contribution in [-0.2, 0) is 36.8 Å². The molecule has 50 heavy (non-hydrogen) atoms. The summed E-state index contributed by atoms with van der Waals surface area (Å²) in [6.45, 7) is 16.3. The number of rotatable bonds is 9. The number of phenols is 1. The zero-order chi connectivity index (χ0) is 37.3. The van der Waals surface area contributed by atoms with E-state index in [4.69, 9.17) is 4.74 Å². The lowest BCUT2D eigenvalue weighted by Crippen LogP contribution is -2.76. The number of aromatic hydroxyl groups is 1. The quantitative estimate of drug-likeness (QED) is 0.298. The maximum atomic E-state index is 14.6. The molecule has 0 spiro atoms. The Morgan fingerprint density at radius 1 is 1.02 bits per heavy atom. The molecular formula is C41H50O9. The van der Waals surface area contributed by atoms with Gasteiger partial charge >= 0.3 is 0 Å². The van der Waals surface area contributed by atoms with Crippen LogP contribution in [0.2, 0.25) is 0 Å². The summed E-state index contributed by atoms with van der Waals surface area (Å²) in [5, 5.41) is 23.4. The van der Waals surface area contributed by atoms with E-state index < -0.39 is 69.0 Å². The minimum Gasteiger partial charge on any atom is -0.507 e. The molecule has 0 bridgehead atoms. The lowest BCUT2D eigenvalue weighted by Gasteiger charge is -2.61. The van der Waals surface area contributed by atoms with Crippen molar-refractivity contribution >= 4 is 34.7 Å². The predicted octanol–water partition coefficient (Wildman–Crippen LogP) is 6.10. The summed E-state index contributed by atoms with van der Waals surface area (Å²) in [5.41, 5.74) is -2.94. The molecule has 2 saturated carbocycles. The fraction of sp³-hybridized carbons (Fsp3) is 0.561. The zero-order valence-electron chi connectivity index (χ0n) is 30.7. The molecule has 2 aromatic carbocycles. The standard InChI is InChI=1S/C41H50O9/c1-10-50-29-16-12-23(17-24(29)11-13-25(43)18-38(5,6)7)26-14-15-28(44)31-27(26)19-39(8)20-40(9)32(21(2)3)34(45)30(22(4)42)36(47)41(40,49)37(48)33(39)35(31)46/h12,14-17,21,30,32-33,44,49H,10-11,13,18-20H2,1-9H3/t30?,32?,33?,39-,40-,41+/m1/s1. The van der Waals surface area contributed by atoms with Crippen LogP contribution in [0.4, 0.5) is 0 Å². The molecule has 0 aromatic heterocycles. The van der Waals surface area contributed by atoms with Crippen LogP contribution in [0.15, 0.2) is 30.3 Å². The number of fused-ring (bicyclic) bond motifs is 3. The van der Waals surface area contributed by atoms with Crippen molar-refractivity contribution in [3.63, 3.8) is 0 Å². The third-order valence-electron chi connectivity index (χ3n) is 11.3. The maximum absolute atomic E-state index is 14.6. The summed E-state index contributed by atoms with van der Waals surface area (Å²) in [4.78, 5) is 82.3. The van der Waals surface area contributed by atoms with Gasteiger partial charge in [-0.1, -0.05) is 60.6 Å². The molecule has 3 aliphatic carbocycles. The van der Waals surface area contributed by atoms with Crippen LogP contribution >= 0.6 is 0 Å². The van der Waals surface area contributed by atoms with E-state index in [0.29, 0.717) is 42.7 Å². The molecule has 5 rings (SSSR count). The lowest BCUT2D eigenvalue weighted by molar-refractivity contribution is -0.205. The molecule has 0 aliphatic heterocycles. The predicted molar refractivity (Wildman–Crippen MR) is 187 cm³/mol. The van der Waals surface area contributed by atoms with Crippen LogP contribution in [0.5, 0.6) is 11.5 Å². The molecule has 268 valence electrons. The van der Waals surface area contributed by atoms with Crippen molar-refractivity contribution in [3.05, 3.63) is 47.0 Å². The minimum atomic E-state index is -2.74. The average molecular weight is 687 g/mol. The molecule has 3 aliphatic rings.